The smallest absolute Gasteiger partial charge is 0.412 e. The molecule has 0 saturated carbocycles. The maximum atomic E-state index is 8.30. The normalized spacial score (nSPS) is 20.7. The minimum absolute atomic E-state index is 0. The van der Waals surface area contributed by atoms with Gasteiger partial charge in [-0.05, 0) is 25.5 Å². The second kappa shape index (κ2) is 9.36. The minimum Gasteiger partial charge on any atom is -0.412 e. The van der Waals surface area contributed by atoms with E-state index in [9.17, 15) is 0 Å². The van der Waals surface area contributed by atoms with Crippen LogP contribution in [0.4, 0.5) is 0 Å². The van der Waals surface area contributed by atoms with Crippen LogP contribution in [-0.2, 0) is 17.1 Å². The summed E-state index contributed by atoms with van der Waals surface area (Å²) in [5.74, 6) is 0.162. The fourth-order valence-corrected chi connectivity index (χ4v) is 1.40. The van der Waals surface area contributed by atoms with Crippen molar-refractivity contribution in [3.05, 3.63) is 48.1 Å². The molecule has 0 aromatic rings. The van der Waals surface area contributed by atoms with Crippen molar-refractivity contribution in [3.63, 3.8) is 0 Å². The van der Waals surface area contributed by atoms with Gasteiger partial charge in [0.25, 0.3) is 0 Å². The van der Waals surface area contributed by atoms with Crippen molar-refractivity contribution < 1.29 is 27.5 Å². The van der Waals surface area contributed by atoms with E-state index in [-0.39, 0.29) is 23.0 Å². The monoisotopic (exact) mass is 300 g/mol. The molecular weight excluding hydrogens is 284 g/mol. The van der Waals surface area contributed by atoms with Crippen LogP contribution in [-0.4, -0.2) is 21.8 Å². The summed E-state index contributed by atoms with van der Waals surface area (Å²) >= 11 is 0. The quantitative estimate of drug-likeness (QED) is 0.271. The Labute approximate surface area is 124 Å². The van der Waals surface area contributed by atoms with Crippen LogP contribution in [0.1, 0.15) is 20.3 Å². The maximum absolute atomic E-state index is 8.30. The van der Waals surface area contributed by atoms with Crippen molar-refractivity contribution in [1.29, 1.82) is 0 Å². The predicted molar refractivity (Wildman–Crippen MR) is 70.7 cm³/mol. The van der Waals surface area contributed by atoms with E-state index in [1.165, 1.54) is 0 Å². The summed E-state index contributed by atoms with van der Waals surface area (Å²) in [6.07, 6.45) is 16.0. The fraction of sp³-hybridized carbons (Fsp3) is 0.286. The number of hydrogen-bond acceptors (Lipinski definition) is 4. The van der Waals surface area contributed by atoms with Gasteiger partial charge in [-0.3, -0.25) is 12.2 Å². The first-order valence-electron chi connectivity index (χ1n) is 5.59. The van der Waals surface area contributed by atoms with Gasteiger partial charge in [0.2, 0.25) is 0 Å². The summed E-state index contributed by atoms with van der Waals surface area (Å²) in [4.78, 5) is 0. The molecule has 4 nitrogen and oxygen atoms in total. The first kappa shape index (κ1) is 17.4. The summed E-state index contributed by atoms with van der Waals surface area (Å²) in [7, 11) is 0. The van der Waals surface area contributed by atoms with E-state index >= 15 is 0 Å². The average molecular weight is 300 g/mol. The van der Waals surface area contributed by atoms with Crippen LogP contribution in [0, 0.1) is 18.1 Å². The minimum atomic E-state index is 0. The van der Waals surface area contributed by atoms with Crippen molar-refractivity contribution >= 4 is 11.4 Å². The van der Waals surface area contributed by atoms with Crippen molar-refractivity contribution in [3.8, 4) is 0 Å². The zero-order valence-electron chi connectivity index (χ0n) is 10.8. The second-order valence-corrected chi connectivity index (χ2v) is 3.89. The molecule has 2 aliphatic rings. The van der Waals surface area contributed by atoms with Crippen molar-refractivity contribution in [1.82, 2.24) is 0 Å². The molecule has 1 unspecified atom stereocenters. The SMILES string of the molecule is C/C(=N\O)C1=C[C-]=CC1.C/C(=N\O)C1C=[C-]C=C1.[Fe+2]. The van der Waals surface area contributed by atoms with Crippen molar-refractivity contribution in [2.24, 2.45) is 16.2 Å². The third-order valence-corrected chi connectivity index (χ3v) is 2.63. The Balaban J connectivity index is 0.000000324. The number of nitrogens with zero attached hydrogens (tertiary/aromatic N) is 2. The van der Waals surface area contributed by atoms with Gasteiger partial charge in [-0.1, -0.05) is 11.6 Å². The van der Waals surface area contributed by atoms with Gasteiger partial charge in [-0.15, -0.1) is 5.16 Å². The topological polar surface area (TPSA) is 65.2 Å². The van der Waals surface area contributed by atoms with Crippen LogP contribution < -0.4 is 0 Å². The number of oxime groups is 2. The Hall–Kier alpha value is -1.58. The van der Waals surface area contributed by atoms with E-state index in [1.54, 1.807) is 13.8 Å². The molecule has 0 fully saturated rings. The van der Waals surface area contributed by atoms with Gasteiger partial charge in [0.1, 0.15) is 0 Å². The third kappa shape index (κ3) is 5.73. The number of rotatable bonds is 2. The molecule has 2 rings (SSSR count). The Morgan fingerprint density at radius 1 is 1.26 bits per heavy atom. The zero-order valence-corrected chi connectivity index (χ0v) is 11.9. The maximum Gasteiger partial charge on any atom is 2.00 e. The van der Waals surface area contributed by atoms with Gasteiger partial charge >= 0.3 is 17.1 Å². The summed E-state index contributed by atoms with van der Waals surface area (Å²) in [5, 5.41) is 22.7. The second-order valence-electron chi connectivity index (χ2n) is 3.89. The van der Waals surface area contributed by atoms with Gasteiger partial charge in [0.05, 0.1) is 0 Å². The van der Waals surface area contributed by atoms with E-state index in [4.69, 9.17) is 10.4 Å². The van der Waals surface area contributed by atoms with Crippen molar-refractivity contribution in [2.45, 2.75) is 20.3 Å². The van der Waals surface area contributed by atoms with Gasteiger partial charge in [-0.25, -0.2) is 18.2 Å². The Bertz CT molecular complexity index is 448. The van der Waals surface area contributed by atoms with Crippen LogP contribution in [0.25, 0.3) is 0 Å². The van der Waals surface area contributed by atoms with Crippen LogP contribution in [0.15, 0.2) is 46.3 Å². The van der Waals surface area contributed by atoms with Crippen LogP contribution in [0.5, 0.6) is 0 Å². The van der Waals surface area contributed by atoms with Gasteiger partial charge in [0, 0.05) is 5.71 Å². The van der Waals surface area contributed by atoms with Gasteiger partial charge in [0.15, 0.2) is 0 Å². The average Bonchev–Trinajstić information content (AvgIpc) is 3.09. The first-order chi connectivity index (χ1) is 8.69. The molecule has 0 aliphatic heterocycles. The molecular formula is C14H16FeN2O2. The van der Waals surface area contributed by atoms with E-state index < -0.39 is 0 Å². The summed E-state index contributed by atoms with van der Waals surface area (Å²) < 4.78 is 0. The number of hydrogen-bond donors (Lipinski definition) is 2. The zero-order chi connectivity index (χ0) is 13.4. The van der Waals surface area contributed by atoms with Crippen LogP contribution >= 0.6 is 0 Å². The van der Waals surface area contributed by atoms with Crippen LogP contribution in [0.2, 0.25) is 0 Å². The molecule has 5 heteroatoms. The molecule has 0 aromatic carbocycles. The molecule has 0 spiro atoms. The molecule has 19 heavy (non-hydrogen) atoms. The van der Waals surface area contributed by atoms with E-state index in [0.717, 1.165) is 12.0 Å². The standard InChI is InChI=1S/2C7H8NO.Fe/c2*1-6(8-9)7-4-2-3-5-7;/h2,5,9H,4H2,1H3;2,4-5,7,9H,1H3;/q2*-1;+2/b2*8-6+;. The Morgan fingerprint density at radius 2 is 2.00 bits per heavy atom. The molecule has 0 heterocycles. The molecule has 0 radical (unpaired) electrons. The summed E-state index contributed by atoms with van der Waals surface area (Å²) in [5.41, 5.74) is 2.42. The van der Waals surface area contributed by atoms with Gasteiger partial charge < -0.3 is 10.4 Å². The van der Waals surface area contributed by atoms with Crippen molar-refractivity contribution in [2.75, 3.05) is 0 Å². The van der Waals surface area contributed by atoms with E-state index in [2.05, 4.69) is 22.5 Å². The fourth-order valence-electron chi connectivity index (χ4n) is 1.40. The summed E-state index contributed by atoms with van der Waals surface area (Å²) in [6.45, 7) is 3.55. The third-order valence-electron chi connectivity index (χ3n) is 2.63. The van der Waals surface area contributed by atoms with E-state index in [1.807, 2.05) is 30.4 Å². The molecule has 0 saturated heterocycles. The number of allylic oxidation sites excluding steroid dienone is 8. The van der Waals surface area contributed by atoms with Crippen LogP contribution in [0.3, 0.4) is 0 Å². The van der Waals surface area contributed by atoms with Gasteiger partial charge in [-0.2, -0.15) is 17.7 Å². The molecule has 0 aromatic heterocycles. The first-order valence-corrected chi connectivity index (χ1v) is 5.59. The molecule has 0 bridgehead atoms. The molecule has 2 aliphatic carbocycles. The molecule has 102 valence electrons. The largest absolute Gasteiger partial charge is 2.00 e. The predicted octanol–water partition coefficient (Wildman–Crippen LogP) is 2.91. The molecule has 1 atom stereocenters. The molecule has 2 N–H and O–H groups in total. The Kier molecular flexibility index (Phi) is 8.58. The summed E-state index contributed by atoms with van der Waals surface area (Å²) in [6, 6.07) is 0. The molecule has 0 amide bonds. The Morgan fingerprint density at radius 3 is 2.42 bits per heavy atom. The van der Waals surface area contributed by atoms with E-state index in [0.29, 0.717) is 11.4 Å².